The van der Waals surface area contributed by atoms with Crippen molar-refractivity contribution < 1.29 is 0 Å². The van der Waals surface area contributed by atoms with Crippen molar-refractivity contribution in [3.8, 4) is 0 Å². The third kappa shape index (κ3) is 4.73. The van der Waals surface area contributed by atoms with Crippen LogP contribution in [0.2, 0.25) is 5.02 Å². The number of halogens is 2. The monoisotopic (exact) mass is 461 g/mol. The fourth-order valence-electron chi connectivity index (χ4n) is 2.63. The molecule has 24 heavy (non-hydrogen) atoms. The zero-order valence-corrected chi connectivity index (χ0v) is 16.5. The average molecular weight is 462 g/mol. The molecular weight excluding hydrogens is 441 g/mol. The van der Waals surface area contributed by atoms with Crippen molar-refractivity contribution in [2.24, 2.45) is 4.99 Å². The number of H-pyrrole nitrogens is 1. The van der Waals surface area contributed by atoms with E-state index in [1.807, 2.05) is 18.2 Å². The lowest BCUT2D eigenvalue weighted by atomic mass is 10.3. The highest BCUT2D eigenvalue weighted by molar-refractivity contribution is 14.0. The van der Waals surface area contributed by atoms with Crippen molar-refractivity contribution in [1.82, 2.24) is 25.8 Å². The van der Waals surface area contributed by atoms with Gasteiger partial charge in [-0.15, -0.1) is 24.0 Å². The number of aromatic amines is 1. The van der Waals surface area contributed by atoms with Gasteiger partial charge in [-0.2, -0.15) is 5.10 Å². The summed E-state index contributed by atoms with van der Waals surface area (Å²) in [5, 5.41) is 14.2. The molecule has 3 heterocycles. The van der Waals surface area contributed by atoms with Crippen LogP contribution in [0.25, 0.3) is 0 Å². The molecule has 0 spiro atoms. The van der Waals surface area contributed by atoms with E-state index in [9.17, 15) is 0 Å². The summed E-state index contributed by atoms with van der Waals surface area (Å²) in [5.41, 5.74) is 1.02. The van der Waals surface area contributed by atoms with E-state index in [0.29, 0.717) is 17.6 Å². The molecule has 2 aromatic rings. The molecule has 1 aliphatic rings. The summed E-state index contributed by atoms with van der Waals surface area (Å²) < 4.78 is 0. The molecule has 1 atom stereocenters. The van der Waals surface area contributed by atoms with Crippen molar-refractivity contribution in [2.45, 2.75) is 19.0 Å². The van der Waals surface area contributed by atoms with E-state index in [1.165, 1.54) is 0 Å². The standard InChI is InChI=1S/C15H20ClN7.HI/c1-17-15(19-9-11-4-7-20-22-11)21-12-5-8-23(10-12)14-13(16)3-2-6-18-14;/h2-4,6-7,12H,5,8-10H2,1H3,(H,20,22)(H2,17,19,21);1H. The highest BCUT2D eigenvalue weighted by Gasteiger charge is 2.25. The van der Waals surface area contributed by atoms with Gasteiger partial charge in [0.2, 0.25) is 0 Å². The van der Waals surface area contributed by atoms with Crippen molar-refractivity contribution >= 4 is 47.4 Å². The van der Waals surface area contributed by atoms with Gasteiger partial charge in [-0.1, -0.05) is 11.6 Å². The van der Waals surface area contributed by atoms with Gasteiger partial charge in [-0.25, -0.2) is 4.98 Å². The van der Waals surface area contributed by atoms with Crippen molar-refractivity contribution in [3.05, 3.63) is 41.3 Å². The van der Waals surface area contributed by atoms with Gasteiger partial charge >= 0.3 is 0 Å². The van der Waals surface area contributed by atoms with Crippen LogP contribution in [-0.4, -0.2) is 47.3 Å². The van der Waals surface area contributed by atoms with Crippen LogP contribution < -0.4 is 15.5 Å². The molecule has 0 saturated carbocycles. The van der Waals surface area contributed by atoms with E-state index in [1.54, 1.807) is 19.4 Å². The third-order valence-electron chi connectivity index (χ3n) is 3.80. The number of nitrogens with zero attached hydrogens (tertiary/aromatic N) is 4. The molecule has 1 unspecified atom stereocenters. The van der Waals surface area contributed by atoms with Crippen LogP contribution in [0.1, 0.15) is 12.1 Å². The molecule has 0 amide bonds. The topological polar surface area (TPSA) is 81.2 Å². The summed E-state index contributed by atoms with van der Waals surface area (Å²) in [5.74, 6) is 1.62. The molecule has 9 heteroatoms. The Kier molecular flexibility index (Phi) is 7.10. The van der Waals surface area contributed by atoms with E-state index < -0.39 is 0 Å². The van der Waals surface area contributed by atoms with Gasteiger partial charge in [-0.05, 0) is 24.6 Å². The number of nitrogens with one attached hydrogen (secondary N) is 3. The maximum Gasteiger partial charge on any atom is 0.191 e. The summed E-state index contributed by atoms with van der Waals surface area (Å²) in [6.45, 7) is 2.43. The number of rotatable bonds is 4. The van der Waals surface area contributed by atoms with Crippen molar-refractivity contribution in [2.75, 3.05) is 25.0 Å². The smallest absolute Gasteiger partial charge is 0.191 e. The largest absolute Gasteiger partial charge is 0.353 e. The number of aliphatic imine (C=N–C) groups is 1. The number of guanidine groups is 1. The molecule has 1 aliphatic heterocycles. The normalized spacial score (nSPS) is 17.5. The number of aromatic nitrogens is 3. The van der Waals surface area contributed by atoms with Crippen molar-refractivity contribution in [3.63, 3.8) is 0 Å². The predicted molar refractivity (Wildman–Crippen MR) is 107 cm³/mol. The SMILES string of the molecule is CN=C(NCc1ccn[nH]1)NC1CCN(c2ncccc2Cl)C1.I. The molecular formula is C15H21ClIN7. The van der Waals surface area contributed by atoms with Crippen molar-refractivity contribution in [1.29, 1.82) is 0 Å². The fourth-order valence-corrected chi connectivity index (χ4v) is 2.87. The Morgan fingerprint density at radius 2 is 2.33 bits per heavy atom. The lowest BCUT2D eigenvalue weighted by Crippen LogP contribution is -2.44. The van der Waals surface area contributed by atoms with Gasteiger partial charge in [0.25, 0.3) is 0 Å². The maximum absolute atomic E-state index is 6.22. The molecule has 0 radical (unpaired) electrons. The van der Waals surface area contributed by atoms with Crippen LogP contribution >= 0.6 is 35.6 Å². The van der Waals surface area contributed by atoms with E-state index >= 15 is 0 Å². The van der Waals surface area contributed by atoms with Crippen LogP contribution in [0.4, 0.5) is 5.82 Å². The van der Waals surface area contributed by atoms with Gasteiger partial charge in [0, 0.05) is 38.6 Å². The van der Waals surface area contributed by atoms with Crippen LogP contribution in [-0.2, 0) is 6.54 Å². The first-order valence-electron chi connectivity index (χ1n) is 7.57. The molecule has 0 aliphatic carbocycles. The predicted octanol–water partition coefficient (Wildman–Crippen LogP) is 2.02. The molecule has 130 valence electrons. The van der Waals surface area contributed by atoms with Gasteiger partial charge in [-0.3, -0.25) is 10.1 Å². The molecule has 3 rings (SSSR count). The maximum atomic E-state index is 6.22. The minimum Gasteiger partial charge on any atom is -0.353 e. The Morgan fingerprint density at radius 3 is 3.04 bits per heavy atom. The number of hydrogen-bond acceptors (Lipinski definition) is 4. The lowest BCUT2D eigenvalue weighted by molar-refractivity contribution is 0.646. The summed E-state index contributed by atoms with van der Waals surface area (Å²) in [6, 6.07) is 5.95. The molecule has 1 fully saturated rings. The lowest BCUT2D eigenvalue weighted by Gasteiger charge is -2.20. The number of anilines is 1. The first-order chi connectivity index (χ1) is 11.3. The second-order valence-electron chi connectivity index (χ2n) is 5.39. The Morgan fingerprint density at radius 1 is 1.46 bits per heavy atom. The summed E-state index contributed by atoms with van der Waals surface area (Å²) >= 11 is 6.22. The Labute approximate surface area is 163 Å². The highest BCUT2D eigenvalue weighted by Crippen LogP contribution is 2.25. The summed E-state index contributed by atoms with van der Waals surface area (Å²) in [4.78, 5) is 10.8. The van der Waals surface area contributed by atoms with Gasteiger partial charge in [0.15, 0.2) is 5.96 Å². The zero-order chi connectivity index (χ0) is 16.1. The Hall–Kier alpha value is -1.55. The minimum atomic E-state index is 0. The van der Waals surface area contributed by atoms with Gasteiger partial charge < -0.3 is 15.5 Å². The van der Waals surface area contributed by atoms with Crippen LogP contribution in [0.15, 0.2) is 35.6 Å². The van der Waals surface area contributed by atoms with Gasteiger partial charge in [0.1, 0.15) is 5.82 Å². The molecule has 7 nitrogen and oxygen atoms in total. The number of hydrogen-bond donors (Lipinski definition) is 3. The molecule has 1 saturated heterocycles. The van der Waals surface area contributed by atoms with Crippen LogP contribution in [0, 0.1) is 0 Å². The van der Waals surface area contributed by atoms with E-state index in [-0.39, 0.29) is 24.0 Å². The average Bonchev–Trinajstić information content (AvgIpc) is 3.23. The first kappa shape index (κ1) is 18.8. The summed E-state index contributed by atoms with van der Waals surface area (Å²) in [6.07, 6.45) is 4.52. The quantitative estimate of drug-likeness (QED) is 0.369. The van der Waals surface area contributed by atoms with Crippen LogP contribution in [0.5, 0.6) is 0 Å². The third-order valence-corrected chi connectivity index (χ3v) is 4.09. The molecule has 3 N–H and O–H groups in total. The van der Waals surface area contributed by atoms with E-state index in [4.69, 9.17) is 11.6 Å². The molecule has 2 aromatic heterocycles. The van der Waals surface area contributed by atoms with Crippen LogP contribution in [0.3, 0.4) is 0 Å². The zero-order valence-electron chi connectivity index (χ0n) is 13.4. The minimum absolute atomic E-state index is 0. The second-order valence-corrected chi connectivity index (χ2v) is 5.80. The van der Waals surface area contributed by atoms with Gasteiger partial charge in [0.05, 0.1) is 17.3 Å². The summed E-state index contributed by atoms with van der Waals surface area (Å²) in [7, 11) is 1.77. The molecule has 0 bridgehead atoms. The Bertz CT molecular complexity index is 662. The van der Waals surface area contributed by atoms with E-state index in [0.717, 1.165) is 37.0 Å². The van der Waals surface area contributed by atoms with E-state index in [2.05, 4.69) is 35.7 Å². The Balaban J connectivity index is 0.00000208. The molecule has 0 aromatic carbocycles. The second kappa shape index (κ2) is 9.07. The number of pyridine rings is 1. The fraction of sp³-hybridized carbons (Fsp3) is 0.400. The highest BCUT2D eigenvalue weighted by atomic mass is 127. The first-order valence-corrected chi connectivity index (χ1v) is 7.95.